The van der Waals surface area contributed by atoms with E-state index in [9.17, 15) is 9.90 Å². The molecule has 0 aliphatic rings. The molecule has 2 rings (SSSR count). The van der Waals surface area contributed by atoms with Crippen LogP contribution in [-0.2, 0) is 11.2 Å². The quantitative estimate of drug-likeness (QED) is 0.873. The first-order valence-corrected chi connectivity index (χ1v) is 7.62. The maximum atomic E-state index is 11.7. The van der Waals surface area contributed by atoms with Gasteiger partial charge in [-0.25, -0.2) is 0 Å². The van der Waals surface area contributed by atoms with E-state index in [-0.39, 0.29) is 0 Å². The number of halogens is 1. The first-order valence-electron chi connectivity index (χ1n) is 7.25. The summed E-state index contributed by atoms with van der Waals surface area (Å²) in [5, 5.41) is 10.1. The smallest absolute Gasteiger partial charge is 0.311 e. The summed E-state index contributed by atoms with van der Waals surface area (Å²) in [6.07, 6.45) is 0.375. The van der Waals surface area contributed by atoms with Crippen LogP contribution in [0.2, 0.25) is 5.02 Å². The molecule has 1 unspecified atom stereocenters. The lowest BCUT2D eigenvalue weighted by molar-refractivity contribution is -0.138. The molecule has 0 radical (unpaired) electrons. The zero-order chi connectivity index (χ0) is 17.0. The van der Waals surface area contributed by atoms with Crippen LogP contribution in [0.25, 0.3) is 0 Å². The molecular weight excluding hydrogens is 314 g/mol. The predicted octanol–water partition coefficient (Wildman–Crippen LogP) is 3.83. The first-order chi connectivity index (χ1) is 10.9. The van der Waals surface area contributed by atoms with Gasteiger partial charge in [0.2, 0.25) is 0 Å². The third-order valence-corrected chi connectivity index (χ3v) is 4.06. The highest BCUT2D eigenvalue weighted by Crippen LogP contribution is 2.29. The number of benzene rings is 2. The Bertz CT molecular complexity index is 683. The molecule has 0 heterocycles. The summed E-state index contributed by atoms with van der Waals surface area (Å²) in [4.78, 5) is 13.6. The van der Waals surface area contributed by atoms with Gasteiger partial charge in [0.1, 0.15) is 5.75 Å². The molecule has 1 N–H and O–H groups in total. The normalized spacial score (nSPS) is 11.8. The monoisotopic (exact) mass is 333 g/mol. The molecule has 0 aliphatic carbocycles. The molecule has 122 valence electrons. The summed E-state index contributed by atoms with van der Waals surface area (Å²) in [6, 6.07) is 12.9. The molecule has 0 aliphatic heterocycles. The Morgan fingerprint density at radius 1 is 1.22 bits per heavy atom. The van der Waals surface area contributed by atoms with E-state index in [2.05, 4.69) is 0 Å². The SMILES string of the molecule is COc1ccc(CC(C(=O)O)c2ccc(N(C)C)cc2)cc1Cl. The molecule has 0 spiro atoms. The molecule has 0 saturated carbocycles. The number of nitrogens with zero attached hydrogens (tertiary/aromatic N) is 1. The van der Waals surface area contributed by atoms with Crippen molar-refractivity contribution < 1.29 is 14.6 Å². The van der Waals surface area contributed by atoms with E-state index in [1.165, 1.54) is 0 Å². The lowest BCUT2D eigenvalue weighted by Crippen LogP contribution is -2.15. The summed E-state index contributed by atoms with van der Waals surface area (Å²) in [7, 11) is 5.44. The highest BCUT2D eigenvalue weighted by Gasteiger charge is 2.21. The fourth-order valence-electron chi connectivity index (χ4n) is 2.43. The zero-order valence-corrected chi connectivity index (χ0v) is 14.2. The molecule has 2 aromatic rings. The number of rotatable bonds is 6. The van der Waals surface area contributed by atoms with Crippen LogP contribution in [-0.4, -0.2) is 32.3 Å². The first kappa shape index (κ1) is 17.2. The minimum absolute atomic E-state index is 0.375. The van der Waals surface area contributed by atoms with E-state index in [4.69, 9.17) is 16.3 Å². The van der Waals surface area contributed by atoms with E-state index < -0.39 is 11.9 Å². The number of carbonyl (C=O) groups is 1. The van der Waals surface area contributed by atoms with Gasteiger partial charge in [0, 0.05) is 19.8 Å². The Hall–Kier alpha value is -2.20. The molecule has 0 saturated heterocycles. The molecule has 2 aromatic carbocycles. The number of carboxylic acids is 1. The van der Waals surface area contributed by atoms with Gasteiger partial charge < -0.3 is 14.7 Å². The second-order valence-corrected chi connectivity index (χ2v) is 5.96. The van der Waals surface area contributed by atoms with Gasteiger partial charge in [0.25, 0.3) is 0 Å². The van der Waals surface area contributed by atoms with Gasteiger partial charge in [0.05, 0.1) is 18.1 Å². The van der Waals surface area contributed by atoms with Crippen LogP contribution in [0.15, 0.2) is 42.5 Å². The van der Waals surface area contributed by atoms with Crippen molar-refractivity contribution in [2.75, 3.05) is 26.1 Å². The maximum absolute atomic E-state index is 11.7. The van der Waals surface area contributed by atoms with Crippen molar-refractivity contribution in [2.45, 2.75) is 12.3 Å². The highest BCUT2D eigenvalue weighted by molar-refractivity contribution is 6.32. The van der Waals surface area contributed by atoms with Gasteiger partial charge in [-0.2, -0.15) is 0 Å². The third-order valence-electron chi connectivity index (χ3n) is 3.77. The molecule has 0 amide bonds. The Morgan fingerprint density at radius 2 is 1.87 bits per heavy atom. The highest BCUT2D eigenvalue weighted by atomic mass is 35.5. The number of methoxy groups -OCH3 is 1. The Labute approximate surface area is 141 Å². The molecule has 0 aromatic heterocycles. The Kier molecular flexibility index (Phi) is 5.50. The minimum Gasteiger partial charge on any atom is -0.495 e. The van der Waals surface area contributed by atoms with Crippen LogP contribution < -0.4 is 9.64 Å². The molecular formula is C18H20ClNO3. The lowest BCUT2D eigenvalue weighted by atomic mass is 9.92. The molecule has 1 atom stereocenters. The van der Waals surface area contributed by atoms with E-state index in [1.807, 2.05) is 49.3 Å². The van der Waals surface area contributed by atoms with Gasteiger partial charge in [-0.05, 0) is 41.8 Å². The molecule has 0 fully saturated rings. The average Bonchev–Trinajstić information content (AvgIpc) is 2.52. The van der Waals surface area contributed by atoms with Gasteiger partial charge in [-0.3, -0.25) is 4.79 Å². The van der Waals surface area contributed by atoms with Gasteiger partial charge in [-0.1, -0.05) is 29.8 Å². The topological polar surface area (TPSA) is 49.8 Å². The van der Waals surface area contributed by atoms with E-state index >= 15 is 0 Å². The van der Waals surface area contributed by atoms with Crippen LogP contribution in [0.4, 0.5) is 5.69 Å². The van der Waals surface area contributed by atoms with Crippen molar-refractivity contribution in [1.82, 2.24) is 0 Å². The summed E-state index contributed by atoms with van der Waals surface area (Å²) in [6.45, 7) is 0. The fraction of sp³-hybridized carbons (Fsp3) is 0.278. The third kappa shape index (κ3) is 4.17. The van der Waals surface area contributed by atoms with Crippen molar-refractivity contribution in [3.8, 4) is 5.75 Å². The number of ether oxygens (including phenoxy) is 1. The second kappa shape index (κ2) is 7.38. The number of hydrogen-bond acceptors (Lipinski definition) is 3. The van der Waals surface area contributed by atoms with Crippen molar-refractivity contribution in [3.63, 3.8) is 0 Å². The van der Waals surface area contributed by atoms with Crippen molar-refractivity contribution in [3.05, 3.63) is 58.6 Å². The number of anilines is 1. The largest absolute Gasteiger partial charge is 0.495 e. The average molecular weight is 334 g/mol. The van der Waals surface area contributed by atoms with Gasteiger partial charge >= 0.3 is 5.97 Å². The number of aliphatic carboxylic acids is 1. The predicted molar refractivity (Wildman–Crippen MR) is 92.9 cm³/mol. The lowest BCUT2D eigenvalue weighted by Gasteiger charge is -2.16. The standard InChI is InChI=1S/C18H20ClNO3/c1-20(2)14-7-5-13(6-8-14)15(18(21)22)10-12-4-9-17(23-3)16(19)11-12/h4-9,11,15H,10H2,1-3H3,(H,21,22). The van der Waals surface area contributed by atoms with E-state index in [0.29, 0.717) is 17.2 Å². The van der Waals surface area contributed by atoms with Crippen LogP contribution in [0, 0.1) is 0 Å². The molecule has 5 heteroatoms. The summed E-state index contributed by atoms with van der Waals surface area (Å²) in [5.41, 5.74) is 2.67. The van der Waals surface area contributed by atoms with Crippen molar-refractivity contribution in [2.24, 2.45) is 0 Å². The van der Waals surface area contributed by atoms with Crippen LogP contribution in [0.1, 0.15) is 17.0 Å². The number of carboxylic acid groups (broad SMARTS) is 1. The summed E-state index contributed by atoms with van der Waals surface area (Å²) < 4.78 is 5.12. The van der Waals surface area contributed by atoms with E-state index in [1.54, 1.807) is 19.2 Å². The molecule has 0 bridgehead atoms. The van der Waals surface area contributed by atoms with Crippen LogP contribution in [0.5, 0.6) is 5.75 Å². The minimum atomic E-state index is -0.852. The second-order valence-electron chi connectivity index (χ2n) is 5.55. The maximum Gasteiger partial charge on any atom is 0.311 e. The molecule has 4 nitrogen and oxygen atoms in total. The zero-order valence-electron chi connectivity index (χ0n) is 13.4. The van der Waals surface area contributed by atoms with Crippen LogP contribution in [0.3, 0.4) is 0 Å². The van der Waals surface area contributed by atoms with Gasteiger partial charge in [-0.15, -0.1) is 0 Å². The van der Waals surface area contributed by atoms with E-state index in [0.717, 1.165) is 16.8 Å². The summed E-state index contributed by atoms with van der Waals surface area (Å²) >= 11 is 6.12. The van der Waals surface area contributed by atoms with Crippen molar-refractivity contribution in [1.29, 1.82) is 0 Å². The number of hydrogen-bond donors (Lipinski definition) is 1. The Morgan fingerprint density at radius 3 is 2.35 bits per heavy atom. The van der Waals surface area contributed by atoms with Gasteiger partial charge in [0.15, 0.2) is 0 Å². The van der Waals surface area contributed by atoms with Crippen molar-refractivity contribution >= 4 is 23.3 Å². The molecule has 23 heavy (non-hydrogen) atoms. The fourth-order valence-corrected chi connectivity index (χ4v) is 2.71. The van der Waals surface area contributed by atoms with Crippen LogP contribution >= 0.6 is 11.6 Å². The summed E-state index contributed by atoms with van der Waals surface area (Å²) in [5.74, 6) is -0.886. The Balaban J connectivity index is 2.25.